The average molecular weight is 382 g/mol. The number of hydrogen-bond donors (Lipinski definition) is 2. The highest BCUT2D eigenvalue weighted by molar-refractivity contribution is 6.07. The number of nitrogens with zero attached hydrogens (tertiary/aromatic N) is 2. The second kappa shape index (κ2) is 8.16. The van der Waals surface area contributed by atoms with Crippen LogP contribution in [-0.4, -0.2) is 46.9 Å². The SMILES string of the molecule is COCCOC1CCC(n2ccc3cc(-c4ncc[nH]4)cc(C(N)=O)c32)CC1. The number of aromatic amines is 1. The molecule has 0 spiro atoms. The highest BCUT2D eigenvalue weighted by Crippen LogP contribution is 2.35. The number of nitrogens with one attached hydrogen (secondary N) is 1. The monoisotopic (exact) mass is 382 g/mol. The molecule has 2 heterocycles. The largest absolute Gasteiger partial charge is 0.382 e. The normalized spacial score (nSPS) is 19.9. The molecule has 28 heavy (non-hydrogen) atoms. The predicted octanol–water partition coefficient (Wildman–Crippen LogP) is 3.28. The van der Waals surface area contributed by atoms with E-state index in [2.05, 4.69) is 32.9 Å². The molecule has 7 nitrogen and oxygen atoms in total. The van der Waals surface area contributed by atoms with Gasteiger partial charge >= 0.3 is 0 Å². The number of imidazole rings is 1. The minimum atomic E-state index is -0.421. The standard InChI is InChI=1S/C21H26N4O3/c1-27-10-11-28-17-4-2-16(3-5-17)25-9-6-14-12-15(21-23-7-8-24-21)13-18(19(14)25)20(22)26/h6-9,12-13,16-17H,2-5,10-11H2,1H3,(H2,22,26)(H,23,24). The number of methoxy groups -OCH3 is 1. The van der Waals surface area contributed by atoms with Crippen molar-refractivity contribution in [2.75, 3.05) is 20.3 Å². The Kier molecular flexibility index (Phi) is 5.45. The second-order valence-electron chi connectivity index (χ2n) is 7.28. The summed E-state index contributed by atoms with van der Waals surface area (Å²) in [6, 6.07) is 6.28. The number of aromatic nitrogens is 3. The van der Waals surface area contributed by atoms with Crippen molar-refractivity contribution in [3.63, 3.8) is 0 Å². The van der Waals surface area contributed by atoms with Gasteiger partial charge in [0.1, 0.15) is 5.82 Å². The van der Waals surface area contributed by atoms with Crippen molar-refractivity contribution >= 4 is 16.8 Å². The Morgan fingerprint density at radius 2 is 2.11 bits per heavy atom. The minimum absolute atomic E-state index is 0.286. The van der Waals surface area contributed by atoms with Crippen LogP contribution in [0.4, 0.5) is 0 Å². The summed E-state index contributed by atoms with van der Waals surface area (Å²) in [5.74, 6) is 0.306. The van der Waals surface area contributed by atoms with Crippen LogP contribution in [0.3, 0.4) is 0 Å². The van der Waals surface area contributed by atoms with E-state index in [1.165, 1.54) is 0 Å². The Hall–Kier alpha value is -2.64. The molecule has 7 heteroatoms. The number of fused-ring (bicyclic) bond motifs is 1. The van der Waals surface area contributed by atoms with Gasteiger partial charge < -0.3 is 24.8 Å². The molecule has 2 aromatic heterocycles. The van der Waals surface area contributed by atoms with E-state index in [0.29, 0.717) is 24.8 Å². The number of ether oxygens (including phenoxy) is 2. The van der Waals surface area contributed by atoms with Gasteiger partial charge in [0.2, 0.25) is 0 Å². The molecule has 0 atom stereocenters. The Bertz CT molecular complexity index is 940. The van der Waals surface area contributed by atoms with Crippen molar-refractivity contribution in [1.82, 2.24) is 14.5 Å². The van der Waals surface area contributed by atoms with Crippen molar-refractivity contribution in [3.05, 3.63) is 42.4 Å². The fourth-order valence-corrected chi connectivity index (χ4v) is 4.15. The number of nitrogens with two attached hydrogens (primary N) is 1. The third-order valence-electron chi connectivity index (χ3n) is 5.53. The number of carbonyl (C=O) groups is 1. The summed E-state index contributed by atoms with van der Waals surface area (Å²) in [7, 11) is 1.69. The second-order valence-corrected chi connectivity index (χ2v) is 7.28. The molecule has 1 aliphatic rings. The smallest absolute Gasteiger partial charge is 0.250 e. The van der Waals surface area contributed by atoms with Gasteiger partial charge in [-0.1, -0.05) is 0 Å². The summed E-state index contributed by atoms with van der Waals surface area (Å²) in [4.78, 5) is 19.6. The van der Waals surface area contributed by atoms with Gasteiger partial charge in [0.05, 0.1) is 30.4 Å². The first-order valence-electron chi connectivity index (χ1n) is 9.72. The van der Waals surface area contributed by atoms with Crippen LogP contribution < -0.4 is 5.73 Å². The van der Waals surface area contributed by atoms with Crippen molar-refractivity contribution in [2.45, 2.75) is 37.8 Å². The maximum atomic E-state index is 12.2. The predicted molar refractivity (Wildman–Crippen MR) is 107 cm³/mol. The van der Waals surface area contributed by atoms with E-state index in [0.717, 1.165) is 48.0 Å². The molecule has 1 saturated carbocycles. The molecule has 1 aromatic carbocycles. The molecule has 0 radical (unpaired) electrons. The third-order valence-corrected chi connectivity index (χ3v) is 5.53. The molecule has 3 aromatic rings. The van der Waals surface area contributed by atoms with Crippen LogP contribution in [0.25, 0.3) is 22.3 Å². The van der Waals surface area contributed by atoms with Crippen LogP contribution in [0, 0.1) is 0 Å². The number of primary amides is 1. The lowest BCUT2D eigenvalue weighted by Crippen LogP contribution is -2.25. The number of hydrogen-bond acceptors (Lipinski definition) is 4. The molecule has 0 bridgehead atoms. The number of H-pyrrole nitrogens is 1. The lowest BCUT2D eigenvalue weighted by Gasteiger charge is -2.30. The number of amides is 1. The van der Waals surface area contributed by atoms with E-state index in [9.17, 15) is 4.79 Å². The fourth-order valence-electron chi connectivity index (χ4n) is 4.15. The number of carbonyl (C=O) groups excluding carboxylic acids is 1. The van der Waals surface area contributed by atoms with Gasteiger partial charge in [-0.2, -0.15) is 0 Å². The lowest BCUT2D eigenvalue weighted by molar-refractivity contribution is -0.00619. The van der Waals surface area contributed by atoms with E-state index >= 15 is 0 Å². The van der Waals surface area contributed by atoms with E-state index < -0.39 is 5.91 Å². The molecular weight excluding hydrogens is 356 g/mol. The summed E-state index contributed by atoms with van der Waals surface area (Å²) in [6.45, 7) is 1.27. The first-order valence-corrected chi connectivity index (χ1v) is 9.72. The van der Waals surface area contributed by atoms with E-state index in [-0.39, 0.29) is 6.10 Å². The maximum Gasteiger partial charge on any atom is 0.250 e. The van der Waals surface area contributed by atoms with Gasteiger partial charge in [-0.3, -0.25) is 4.79 Å². The summed E-state index contributed by atoms with van der Waals surface area (Å²) < 4.78 is 13.1. The Morgan fingerprint density at radius 3 is 2.79 bits per heavy atom. The highest BCUT2D eigenvalue weighted by atomic mass is 16.5. The van der Waals surface area contributed by atoms with Gasteiger partial charge in [-0.25, -0.2) is 4.98 Å². The molecule has 0 saturated heterocycles. The third kappa shape index (κ3) is 3.68. The maximum absolute atomic E-state index is 12.2. The zero-order chi connectivity index (χ0) is 19.5. The highest BCUT2D eigenvalue weighted by Gasteiger charge is 2.25. The van der Waals surface area contributed by atoms with Crippen LogP contribution in [0.15, 0.2) is 36.8 Å². The zero-order valence-corrected chi connectivity index (χ0v) is 16.1. The van der Waals surface area contributed by atoms with Crippen molar-refractivity contribution in [1.29, 1.82) is 0 Å². The molecule has 0 unspecified atom stereocenters. The molecule has 1 amide bonds. The van der Waals surface area contributed by atoms with Crippen molar-refractivity contribution in [3.8, 4) is 11.4 Å². The van der Waals surface area contributed by atoms with Gasteiger partial charge in [-0.05, 0) is 43.9 Å². The van der Waals surface area contributed by atoms with Crippen LogP contribution in [0.5, 0.6) is 0 Å². The molecular formula is C21H26N4O3. The van der Waals surface area contributed by atoms with Crippen molar-refractivity contribution in [2.24, 2.45) is 5.73 Å². The quantitative estimate of drug-likeness (QED) is 0.613. The molecule has 3 N–H and O–H groups in total. The number of benzene rings is 1. The van der Waals surface area contributed by atoms with Gasteiger partial charge in [0, 0.05) is 42.7 Å². The summed E-state index contributed by atoms with van der Waals surface area (Å²) in [6.07, 6.45) is 9.85. The Morgan fingerprint density at radius 1 is 1.29 bits per heavy atom. The molecule has 148 valence electrons. The van der Waals surface area contributed by atoms with E-state index in [1.54, 1.807) is 19.5 Å². The lowest BCUT2D eigenvalue weighted by atomic mass is 9.92. The Labute approximate surface area is 163 Å². The van der Waals surface area contributed by atoms with Crippen molar-refractivity contribution < 1.29 is 14.3 Å². The van der Waals surface area contributed by atoms with Crippen LogP contribution >= 0.6 is 0 Å². The van der Waals surface area contributed by atoms with Crippen LogP contribution in [-0.2, 0) is 9.47 Å². The first-order chi connectivity index (χ1) is 13.7. The summed E-state index contributed by atoms with van der Waals surface area (Å²) >= 11 is 0. The van der Waals surface area contributed by atoms with Crippen LogP contribution in [0.1, 0.15) is 42.1 Å². The van der Waals surface area contributed by atoms with E-state index in [4.69, 9.17) is 15.2 Å². The zero-order valence-electron chi connectivity index (χ0n) is 16.1. The van der Waals surface area contributed by atoms with E-state index in [1.807, 2.05) is 6.07 Å². The minimum Gasteiger partial charge on any atom is -0.382 e. The van der Waals surface area contributed by atoms with Crippen LogP contribution in [0.2, 0.25) is 0 Å². The summed E-state index contributed by atoms with van der Waals surface area (Å²) in [5.41, 5.74) is 8.04. The Balaban J connectivity index is 1.60. The molecule has 1 aliphatic carbocycles. The first kappa shape index (κ1) is 18.7. The molecule has 1 fully saturated rings. The topological polar surface area (TPSA) is 95.2 Å². The fraction of sp³-hybridized carbons (Fsp3) is 0.429. The van der Waals surface area contributed by atoms with Gasteiger partial charge in [0.25, 0.3) is 5.91 Å². The summed E-state index contributed by atoms with van der Waals surface area (Å²) in [5, 5.41) is 1.00. The molecule has 0 aliphatic heterocycles. The molecule has 4 rings (SSSR count). The van der Waals surface area contributed by atoms with Gasteiger partial charge in [0.15, 0.2) is 0 Å². The number of rotatable bonds is 7. The average Bonchev–Trinajstić information content (AvgIpc) is 3.38. The van der Waals surface area contributed by atoms with Gasteiger partial charge in [-0.15, -0.1) is 0 Å².